The summed E-state index contributed by atoms with van der Waals surface area (Å²) in [5.74, 6) is -2.41. The van der Waals surface area contributed by atoms with Gasteiger partial charge >= 0.3 is 8.03 Å². The molecule has 6 N–H and O–H groups in total. The van der Waals surface area contributed by atoms with Gasteiger partial charge < -0.3 is 20.9 Å². The topological polar surface area (TPSA) is 167 Å². The Morgan fingerprint density at radius 3 is 2.64 bits per heavy atom. The van der Waals surface area contributed by atoms with Gasteiger partial charge in [-0.05, 0) is 52.3 Å². The highest BCUT2D eigenvalue weighted by atomic mass is 32.2. The molecule has 0 bridgehead atoms. The summed E-state index contributed by atoms with van der Waals surface area (Å²) in [4.78, 5) is 17.5. The highest BCUT2D eigenvalue weighted by molar-refractivity contribution is 7.85. The number of nitrogens with one attached hydrogen (secondary N) is 3. The molecule has 0 saturated heterocycles. The third-order valence-electron chi connectivity index (χ3n) is 5.28. The summed E-state index contributed by atoms with van der Waals surface area (Å²) in [6.45, 7) is 1.57. The van der Waals surface area contributed by atoms with Gasteiger partial charge in [0.25, 0.3) is 11.2 Å². The number of anilines is 1. The van der Waals surface area contributed by atoms with E-state index in [0.29, 0.717) is 22.4 Å². The van der Waals surface area contributed by atoms with Crippen molar-refractivity contribution in [3.05, 3.63) is 87.1 Å². The predicted octanol–water partition coefficient (Wildman–Crippen LogP) is 4.10. The van der Waals surface area contributed by atoms with Crippen LogP contribution in [0.1, 0.15) is 16.7 Å². The lowest BCUT2D eigenvalue weighted by atomic mass is 10.1. The second-order valence-electron chi connectivity index (χ2n) is 8.07. The van der Waals surface area contributed by atoms with Crippen molar-refractivity contribution >= 4 is 64.5 Å². The smallest absolute Gasteiger partial charge is 0.505 e. The standard InChI is InChI=1S/C25H25FN5O5PS2/c1-14-10-15(4-6-18(14)26)12-29-25(33)21(23(32)22(27)16-8-9-38-13-16)24(28)30-19-7-5-17(31-39(3)35)11-20(19)37(34)36-2/h4-11,13H,12H2,1-3H3,(H5-,27,28,29,30,31,32,33,34)/p+1. The lowest BCUT2D eigenvalue weighted by Crippen LogP contribution is -2.34. The molecule has 14 heteroatoms. The second kappa shape index (κ2) is 13.3. The Morgan fingerprint density at radius 1 is 1.28 bits per heavy atom. The Morgan fingerprint density at radius 2 is 2.03 bits per heavy atom. The minimum atomic E-state index is -2.40. The summed E-state index contributed by atoms with van der Waals surface area (Å²) in [6, 6.07) is 10.3. The van der Waals surface area contributed by atoms with Crippen LogP contribution in [0, 0.1) is 18.2 Å². The fourth-order valence-electron chi connectivity index (χ4n) is 3.38. The molecule has 3 rings (SSSR count). The van der Waals surface area contributed by atoms with Crippen molar-refractivity contribution in [2.24, 2.45) is 10.7 Å². The molecule has 1 heterocycles. The first-order valence-electron chi connectivity index (χ1n) is 11.2. The van der Waals surface area contributed by atoms with E-state index in [1.54, 1.807) is 29.8 Å². The van der Waals surface area contributed by atoms with Crippen LogP contribution < -0.4 is 21.1 Å². The number of aliphatic hydroxyl groups is 1. The van der Waals surface area contributed by atoms with Gasteiger partial charge in [0.05, 0.1) is 12.8 Å². The van der Waals surface area contributed by atoms with Gasteiger partial charge in [0.1, 0.15) is 39.6 Å². The van der Waals surface area contributed by atoms with Crippen molar-refractivity contribution < 1.29 is 27.6 Å². The number of aryl methyl sites for hydroxylation is 1. The molecule has 1 amide bonds. The fraction of sp³-hybridized carbons (Fsp3) is 0.160. The number of halogens is 1. The number of aliphatic hydroxyl groups excluding tert-OH is 1. The van der Waals surface area contributed by atoms with Gasteiger partial charge in [-0.2, -0.15) is 11.3 Å². The Hall–Kier alpha value is -3.77. The van der Waals surface area contributed by atoms with Gasteiger partial charge in [-0.15, -0.1) is 4.52 Å². The van der Waals surface area contributed by atoms with E-state index in [2.05, 4.69) is 15.0 Å². The lowest BCUT2D eigenvalue weighted by Gasteiger charge is -2.13. The fourth-order valence-corrected chi connectivity index (χ4v) is 5.24. The number of nitrogens with two attached hydrogens (primary N) is 1. The Balaban J connectivity index is 2.05. The monoisotopic (exact) mass is 590 g/mol. The largest absolute Gasteiger partial charge is 0.550 e. The van der Waals surface area contributed by atoms with Crippen molar-refractivity contribution in [1.82, 2.24) is 5.32 Å². The van der Waals surface area contributed by atoms with Crippen LogP contribution in [0.4, 0.5) is 15.8 Å². The SMILES string of the molecule is CO[P+](=O)c1cc(NS(C)=O)ccc1N=C(N)C(C(=O)NCc1ccc(F)c(C)c1)=C(O)C(=N)c1ccsc1. The molecule has 0 aliphatic heterocycles. The number of aliphatic imine (C=N–C) groups is 1. The number of thiophene rings is 1. The Labute approximate surface area is 231 Å². The molecule has 39 heavy (non-hydrogen) atoms. The molecule has 0 saturated carbocycles. The molecule has 1 aromatic heterocycles. The van der Waals surface area contributed by atoms with Crippen LogP contribution in [-0.2, 0) is 31.4 Å². The maximum atomic E-state index is 13.6. The zero-order valence-electron chi connectivity index (χ0n) is 21.1. The summed E-state index contributed by atoms with van der Waals surface area (Å²) < 4.78 is 45.4. The van der Waals surface area contributed by atoms with Crippen LogP contribution in [0.25, 0.3) is 0 Å². The van der Waals surface area contributed by atoms with Crippen LogP contribution in [0.5, 0.6) is 0 Å². The van der Waals surface area contributed by atoms with Gasteiger partial charge in [0.2, 0.25) is 0 Å². The molecule has 204 valence electrons. The van der Waals surface area contributed by atoms with E-state index in [-0.39, 0.29) is 29.1 Å². The maximum absolute atomic E-state index is 13.6. The molecule has 10 nitrogen and oxygen atoms in total. The number of allylic oxidation sites excluding steroid dienone is 1. The van der Waals surface area contributed by atoms with Gasteiger partial charge in [-0.3, -0.25) is 10.2 Å². The van der Waals surface area contributed by atoms with E-state index in [1.807, 2.05) is 0 Å². The van der Waals surface area contributed by atoms with Crippen molar-refractivity contribution in [1.29, 1.82) is 5.41 Å². The van der Waals surface area contributed by atoms with Gasteiger partial charge in [0.15, 0.2) is 5.76 Å². The number of carbonyl (C=O) groups excluding carboxylic acids is 1. The van der Waals surface area contributed by atoms with Crippen LogP contribution in [0.2, 0.25) is 0 Å². The molecule has 0 radical (unpaired) electrons. The molecule has 2 unspecified atom stereocenters. The van der Waals surface area contributed by atoms with Gasteiger partial charge in [0, 0.05) is 29.8 Å². The van der Waals surface area contributed by atoms with Crippen molar-refractivity contribution in [3.8, 4) is 0 Å². The molecule has 0 aliphatic carbocycles. The average Bonchev–Trinajstić information content (AvgIpc) is 3.44. The van der Waals surface area contributed by atoms with E-state index >= 15 is 0 Å². The van der Waals surface area contributed by atoms with E-state index in [0.717, 1.165) is 0 Å². The van der Waals surface area contributed by atoms with Crippen molar-refractivity contribution in [2.75, 3.05) is 18.1 Å². The Kier molecular flexibility index (Phi) is 10.2. The highest BCUT2D eigenvalue weighted by Gasteiger charge is 2.28. The van der Waals surface area contributed by atoms with E-state index in [1.165, 1.54) is 55.0 Å². The average molecular weight is 591 g/mol. The van der Waals surface area contributed by atoms with Crippen molar-refractivity contribution in [2.45, 2.75) is 13.5 Å². The minimum absolute atomic E-state index is 0.0227. The number of amides is 1. The van der Waals surface area contributed by atoms with Gasteiger partial charge in [-0.25, -0.2) is 13.6 Å². The molecule has 3 aromatic rings. The zero-order valence-corrected chi connectivity index (χ0v) is 23.7. The summed E-state index contributed by atoms with van der Waals surface area (Å²) in [5, 5.41) is 25.4. The summed E-state index contributed by atoms with van der Waals surface area (Å²) in [5.41, 5.74) is 7.17. The predicted molar refractivity (Wildman–Crippen MR) is 153 cm³/mol. The molecule has 2 atom stereocenters. The molecule has 0 fully saturated rings. The number of benzene rings is 2. The van der Waals surface area contributed by atoms with Crippen LogP contribution in [-0.4, -0.2) is 40.1 Å². The molecule has 0 aliphatic rings. The highest BCUT2D eigenvalue weighted by Crippen LogP contribution is 2.29. The summed E-state index contributed by atoms with van der Waals surface area (Å²) in [7, 11) is -2.57. The maximum Gasteiger partial charge on any atom is 0.550 e. The normalized spacial score (nSPS) is 13.3. The second-order valence-corrected chi connectivity index (χ2v) is 11.3. The van der Waals surface area contributed by atoms with E-state index in [9.17, 15) is 23.1 Å². The first kappa shape index (κ1) is 29.8. The van der Waals surface area contributed by atoms with Gasteiger partial charge in [-0.1, -0.05) is 12.1 Å². The number of rotatable bonds is 11. The number of amidine groups is 1. The Bertz CT molecular complexity index is 1510. The van der Waals surface area contributed by atoms with Crippen LogP contribution in [0.15, 0.2) is 69.5 Å². The van der Waals surface area contributed by atoms with Crippen molar-refractivity contribution in [3.63, 3.8) is 0 Å². The molecular formula is C25H26FN5O5PS2+. The number of hydrogen-bond donors (Lipinski definition) is 5. The molecular weight excluding hydrogens is 564 g/mol. The number of hydrogen-bond acceptors (Lipinski definition) is 8. The zero-order chi connectivity index (χ0) is 28.7. The van der Waals surface area contributed by atoms with Crippen LogP contribution >= 0.6 is 19.4 Å². The molecule has 2 aromatic carbocycles. The summed E-state index contributed by atoms with van der Waals surface area (Å²) in [6.07, 6.45) is 1.42. The third kappa shape index (κ3) is 7.64. The first-order chi connectivity index (χ1) is 18.5. The summed E-state index contributed by atoms with van der Waals surface area (Å²) >= 11 is 1.30. The van der Waals surface area contributed by atoms with E-state index in [4.69, 9.17) is 15.7 Å². The quantitative estimate of drug-likeness (QED) is 0.0741. The number of carbonyl (C=O) groups is 1. The molecule has 0 spiro atoms. The van der Waals surface area contributed by atoms with E-state index < -0.39 is 42.1 Å². The van der Waals surface area contributed by atoms with Crippen LogP contribution in [0.3, 0.4) is 0 Å². The third-order valence-corrected chi connectivity index (χ3v) is 7.57. The lowest BCUT2D eigenvalue weighted by molar-refractivity contribution is -0.117. The number of nitrogens with zero attached hydrogens (tertiary/aromatic N) is 1. The minimum Gasteiger partial charge on any atom is -0.505 e. The first-order valence-corrected chi connectivity index (χ1v) is 14.9.